The smallest absolute Gasteiger partial charge is 0.216 e. The van der Waals surface area contributed by atoms with E-state index in [-0.39, 0.29) is 53.9 Å². The summed E-state index contributed by atoms with van der Waals surface area (Å²) in [5.41, 5.74) is 6.01. The molecule has 1 radical (unpaired) electrons. The van der Waals surface area contributed by atoms with Crippen LogP contribution in [0.2, 0.25) is 0 Å². The van der Waals surface area contributed by atoms with Crippen molar-refractivity contribution in [3.05, 3.63) is 148 Å². The van der Waals surface area contributed by atoms with Crippen LogP contribution in [-0.2, 0) is 32.9 Å². The quantitative estimate of drug-likeness (QED) is 0.162. The SMILES string of the molecule is Cc1c[c-]c(-c2cc(C)c(C)cn2)cc1.[2H]C([2H])([2H])c1ccc2c(n1)oc1c(-c3cc(C([2H])([2H])c4ccc(C([2H])([2H])C(C)(C)C)cc4)c(C([2H])([2H])[2H])cn3)[c-]ccc12.[Ir]. The maximum absolute atomic E-state index is 9.07. The molecule has 0 bridgehead atoms. The summed E-state index contributed by atoms with van der Waals surface area (Å²) in [7, 11) is 0. The van der Waals surface area contributed by atoms with Gasteiger partial charge in [-0.05, 0) is 97.0 Å². The summed E-state index contributed by atoms with van der Waals surface area (Å²) < 4.78 is 88.5. The van der Waals surface area contributed by atoms with E-state index >= 15 is 0 Å². The number of furan rings is 1. The Kier molecular flexibility index (Phi) is 7.54. The van der Waals surface area contributed by atoms with Gasteiger partial charge in [-0.1, -0.05) is 80.6 Å². The normalized spacial score (nSPS) is 15.4. The van der Waals surface area contributed by atoms with Crippen LogP contribution in [0.15, 0.2) is 95.7 Å². The molecule has 0 aliphatic carbocycles. The first-order valence-electron chi connectivity index (χ1n) is 20.7. The topological polar surface area (TPSA) is 51.8 Å². The summed E-state index contributed by atoms with van der Waals surface area (Å²) in [5.74, 6) is 0. The minimum absolute atomic E-state index is 0. The summed E-state index contributed by atoms with van der Waals surface area (Å²) in [6.45, 7) is 6.48. The second-order valence-electron chi connectivity index (χ2n) is 12.9. The molecule has 0 saturated carbocycles. The molecule has 0 amide bonds. The van der Waals surface area contributed by atoms with Crippen LogP contribution in [-0.4, -0.2) is 15.0 Å². The molecule has 0 N–H and O–H groups in total. The first-order chi connectivity index (χ1) is 26.9. The summed E-state index contributed by atoms with van der Waals surface area (Å²) in [4.78, 5) is 12.9. The summed E-state index contributed by atoms with van der Waals surface area (Å²) >= 11 is 0. The zero-order chi connectivity index (χ0) is 42.6. The van der Waals surface area contributed by atoms with Crippen molar-refractivity contribution in [2.75, 3.05) is 0 Å². The molecule has 4 heterocycles. The molecule has 251 valence electrons. The van der Waals surface area contributed by atoms with E-state index in [4.69, 9.17) is 18.1 Å². The fraction of sp³-hybridized carbons (Fsp3) is 0.250. The van der Waals surface area contributed by atoms with E-state index in [0.717, 1.165) is 17.5 Å². The van der Waals surface area contributed by atoms with E-state index < -0.39 is 31.9 Å². The summed E-state index contributed by atoms with van der Waals surface area (Å²) in [5, 5.41) is 1.19. The van der Waals surface area contributed by atoms with Gasteiger partial charge in [-0.25, -0.2) is 4.98 Å². The third kappa shape index (κ3) is 8.59. The number of benzene rings is 3. The Labute approximate surface area is 318 Å². The zero-order valence-electron chi connectivity index (χ0n) is 38.2. The zero-order valence-corrected chi connectivity index (χ0v) is 30.6. The Morgan fingerprint density at radius 3 is 2.22 bits per heavy atom. The Hall–Kier alpha value is -4.44. The fourth-order valence-electron chi connectivity index (χ4n) is 5.17. The number of hydrogen-bond acceptors (Lipinski definition) is 4. The van der Waals surface area contributed by atoms with Crippen LogP contribution in [0, 0.1) is 52.0 Å². The van der Waals surface area contributed by atoms with Crippen LogP contribution in [0.3, 0.4) is 0 Å². The average Bonchev–Trinajstić information content (AvgIpc) is 3.53. The van der Waals surface area contributed by atoms with Gasteiger partial charge in [0.25, 0.3) is 0 Å². The number of pyridine rings is 3. The van der Waals surface area contributed by atoms with E-state index in [1.807, 2.05) is 12.3 Å². The monoisotopic (exact) mass is 832 g/mol. The predicted molar refractivity (Wildman–Crippen MR) is 198 cm³/mol. The molecular formula is C44H43IrN3O-2. The third-order valence-corrected chi connectivity index (χ3v) is 7.76. The van der Waals surface area contributed by atoms with Crippen LogP contribution in [0.25, 0.3) is 44.6 Å². The van der Waals surface area contributed by atoms with E-state index in [1.54, 1.807) is 39.0 Å². The van der Waals surface area contributed by atoms with Gasteiger partial charge in [-0.15, -0.1) is 53.6 Å². The molecule has 5 heteroatoms. The van der Waals surface area contributed by atoms with Crippen molar-refractivity contribution in [1.82, 2.24) is 15.0 Å². The van der Waals surface area contributed by atoms with Crippen molar-refractivity contribution in [3.63, 3.8) is 0 Å². The summed E-state index contributed by atoms with van der Waals surface area (Å²) in [6, 6.07) is 28.3. The molecule has 0 aliphatic heterocycles. The molecule has 7 rings (SSSR count). The van der Waals surface area contributed by atoms with Gasteiger partial charge in [0.15, 0.2) is 0 Å². The number of hydrogen-bond donors (Lipinski definition) is 0. The van der Waals surface area contributed by atoms with Gasteiger partial charge in [0.2, 0.25) is 5.71 Å². The van der Waals surface area contributed by atoms with Crippen molar-refractivity contribution < 1.29 is 38.2 Å². The molecular weight excluding hydrogens is 779 g/mol. The van der Waals surface area contributed by atoms with Crippen LogP contribution >= 0.6 is 0 Å². The van der Waals surface area contributed by atoms with Crippen molar-refractivity contribution in [2.24, 2.45) is 5.41 Å². The average molecular weight is 832 g/mol. The Bertz CT molecular complexity index is 2610. The Balaban J connectivity index is 0.000000347. The largest absolute Gasteiger partial charge is 0.486 e. The van der Waals surface area contributed by atoms with Gasteiger partial charge in [-0.3, -0.25) is 0 Å². The molecule has 4 nitrogen and oxygen atoms in total. The van der Waals surface area contributed by atoms with E-state index in [0.29, 0.717) is 27.5 Å². The number of aromatic nitrogens is 3. The molecule has 0 saturated heterocycles. The molecule has 3 aromatic carbocycles. The van der Waals surface area contributed by atoms with Crippen molar-refractivity contribution >= 4 is 22.1 Å². The molecule has 0 fully saturated rings. The van der Waals surface area contributed by atoms with Gasteiger partial charge in [0, 0.05) is 57.3 Å². The standard InChI is InChI=1S/C30H29N2O.C14H14N.Ir/c1-19-18-31-27(16-23(19)15-21-10-12-22(13-11-21)17-30(3,4)5)26-8-6-7-24-25-14-9-20(2)32-29(25)33-28(24)26;1-10-4-6-13(7-5-10)14-8-11(2)12(3)9-15-14;/h6-7,9-14,16,18H,15,17H2,1-5H3;4-6,8-9H,1-3H3;/q2*-1;/i1D3,2D3,15D2,17D2;;. The van der Waals surface area contributed by atoms with Gasteiger partial charge in [0.05, 0.1) is 5.58 Å². The first-order valence-corrected chi connectivity index (χ1v) is 15.7. The Morgan fingerprint density at radius 2 is 1.53 bits per heavy atom. The molecule has 0 spiro atoms. The van der Waals surface area contributed by atoms with Gasteiger partial charge >= 0.3 is 0 Å². The maximum atomic E-state index is 9.07. The first kappa shape index (κ1) is 24.7. The predicted octanol–water partition coefficient (Wildman–Crippen LogP) is 11.1. The van der Waals surface area contributed by atoms with Gasteiger partial charge < -0.3 is 14.4 Å². The number of rotatable bonds is 5. The van der Waals surface area contributed by atoms with Crippen molar-refractivity contribution in [2.45, 2.75) is 68.0 Å². The molecule has 7 aromatic rings. The van der Waals surface area contributed by atoms with Crippen LogP contribution < -0.4 is 0 Å². The number of aryl methyl sites for hydroxylation is 5. The fourth-order valence-corrected chi connectivity index (χ4v) is 5.17. The van der Waals surface area contributed by atoms with Crippen LogP contribution in [0.4, 0.5) is 0 Å². The number of fused-ring (bicyclic) bond motifs is 3. The maximum Gasteiger partial charge on any atom is 0.216 e. The van der Waals surface area contributed by atoms with Crippen LogP contribution in [0.5, 0.6) is 0 Å². The van der Waals surface area contributed by atoms with Gasteiger partial charge in [0.1, 0.15) is 0 Å². The van der Waals surface area contributed by atoms with E-state index in [1.165, 1.54) is 53.1 Å². The van der Waals surface area contributed by atoms with Gasteiger partial charge in [-0.2, -0.15) is 0 Å². The molecule has 49 heavy (non-hydrogen) atoms. The number of nitrogens with zero attached hydrogens (tertiary/aromatic N) is 3. The van der Waals surface area contributed by atoms with E-state index in [2.05, 4.69) is 66.1 Å². The molecule has 4 aromatic heterocycles. The third-order valence-electron chi connectivity index (χ3n) is 7.76. The Morgan fingerprint density at radius 1 is 0.776 bits per heavy atom. The molecule has 0 atom stereocenters. The van der Waals surface area contributed by atoms with Crippen molar-refractivity contribution in [3.8, 4) is 22.5 Å². The van der Waals surface area contributed by atoms with Crippen molar-refractivity contribution in [1.29, 1.82) is 0 Å². The minimum Gasteiger partial charge on any atom is -0.486 e. The second-order valence-corrected chi connectivity index (χ2v) is 12.9. The summed E-state index contributed by atoms with van der Waals surface area (Å²) in [6.07, 6.45) is -0.945. The van der Waals surface area contributed by atoms with Crippen LogP contribution in [0.1, 0.15) is 79.1 Å². The molecule has 0 aliphatic rings. The minimum atomic E-state index is -2.68. The molecule has 0 unspecified atom stereocenters. The van der Waals surface area contributed by atoms with E-state index in [9.17, 15) is 0 Å². The second kappa shape index (κ2) is 15.0.